The summed E-state index contributed by atoms with van der Waals surface area (Å²) in [6.07, 6.45) is 5.63. The first-order chi connectivity index (χ1) is 15.5. The summed E-state index contributed by atoms with van der Waals surface area (Å²) >= 11 is 0. The Hall–Kier alpha value is -3.22. The summed E-state index contributed by atoms with van der Waals surface area (Å²) in [4.78, 5) is 8.25. The molecule has 1 N–H and O–H groups in total. The van der Waals surface area contributed by atoms with Crippen LogP contribution in [0.15, 0.2) is 90.1 Å². The van der Waals surface area contributed by atoms with E-state index in [1.807, 2.05) is 6.07 Å². The Bertz CT molecular complexity index is 1600. The van der Waals surface area contributed by atoms with Crippen LogP contribution in [0.1, 0.15) is 11.1 Å². The molecule has 0 saturated heterocycles. The van der Waals surface area contributed by atoms with Crippen LogP contribution in [0.5, 0.6) is 0 Å². The van der Waals surface area contributed by atoms with Crippen LogP contribution < -0.4 is 0 Å². The summed E-state index contributed by atoms with van der Waals surface area (Å²) in [5.41, 5.74) is 5.59. The van der Waals surface area contributed by atoms with Crippen molar-refractivity contribution in [2.75, 3.05) is 0 Å². The van der Waals surface area contributed by atoms with Gasteiger partial charge in [0, 0.05) is 31.7 Å². The predicted molar refractivity (Wildman–Crippen MR) is 127 cm³/mol. The van der Waals surface area contributed by atoms with Crippen molar-refractivity contribution in [3.63, 3.8) is 0 Å². The van der Waals surface area contributed by atoms with Crippen LogP contribution in [-0.2, 0) is 30.2 Å². The van der Waals surface area contributed by atoms with Gasteiger partial charge in [0.05, 0.1) is 5.52 Å². The molecule has 1 aliphatic carbocycles. The quantitative estimate of drug-likeness (QED) is 0.198. The zero-order valence-electron chi connectivity index (χ0n) is 17.1. The van der Waals surface area contributed by atoms with Crippen molar-refractivity contribution in [2.24, 2.45) is 0 Å². The molecule has 0 amide bonds. The normalized spacial score (nSPS) is 11.7. The summed E-state index contributed by atoms with van der Waals surface area (Å²) in [7, 11) is -4.11. The van der Waals surface area contributed by atoms with Gasteiger partial charge < -0.3 is 0 Å². The van der Waals surface area contributed by atoms with Crippen LogP contribution in [0, 0.1) is 6.07 Å². The van der Waals surface area contributed by atoms with Crippen LogP contribution in [0.3, 0.4) is 0 Å². The monoisotopic (exact) mass is 630 g/mol. The number of pyridine rings is 2. The molecule has 0 unspecified atom stereocenters. The molecule has 0 spiro atoms. The fourth-order valence-corrected chi connectivity index (χ4v) is 4.15. The molecule has 0 aliphatic heterocycles. The Labute approximate surface area is 204 Å². The fraction of sp³-hybridized carbons (Fsp3) is 0. The standard InChI is InChI=1S/C21H12N.C5H5NO3S.Ir/c1-2-5-16-12-17(10-8-14(16)4-1)20-13-18-11-9-15-6-3-7-19(22-20)21(15)18;7-10(8,9)5-3-1-2-4-6-5;/h1-9,11-13H;1-4H,(H,7,8,9);/q-1;;. The average molecular weight is 630 g/mol. The molecule has 1 radical (unpaired) electrons. The van der Waals surface area contributed by atoms with Crippen molar-refractivity contribution in [3.05, 3.63) is 102 Å². The first-order valence-corrected chi connectivity index (χ1v) is 11.3. The smallest absolute Gasteiger partial charge is 0.296 e. The minimum absolute atomic E-state index is 0. The van der Waals surface area contributed by atoms with E-state index in [0.717, 1.165) is 16.8 Å². The second-order valence-electron chi connectivity index (χ2n) is 7.29. The maximum atomic E-state index is 10.3. The molecule has 0 fully saturated rings. The molecular formula is C26H17IrN2O3S-. The van der Waals surface area contributed by atoms with E-state index in [2.05, 4.69) is 77.8 Å². The Balaban J connectivity index is 0.000000201. The summed E-state index contributed by atoms with van der Waals surface area (Å²) < 4.78 is 29.1. The molecular weight excluding hydrogens is 613 g/mol. The SMILES string of the molecule is O=S(=O)(O)c1ccccn1.[Ir].[c-]1cc2ccccc2cc1-c1cc2c3c(cccc3n1)C=C2. The Morgan fingerprint density at radius 2 is 1.58 bits per heavy atom. The van der Waals surface area contributed by atoms with Gasteiger partial charge in [-0.2, -0.15) is 8.42 Å². The fourth-order valence-electron chi connectivity index (χ4n) is 3.71. The molecule has 0 atom stereocenters. The molecule has 0 saturated carbocycles. The number of nitrogens with zero attached hydrogens (tertiary/aromatic N) is 2. The number of hydrogen-bond donors (Lipinski definition) is 1. The van der Waals surface area contributed by atoms with Crippen LogP contribution in [-0.4, -0.2) is 22.9 Å². The molecule has 1 aliphatic rings. The minimum Gasteiger partial charge on any atom is -0.296 e. The van der Waals surface area contributed by atoms with Gasteiger partial charge in [-0.1, -0.05) is 66.1 Å². The molecule has 5 nitrogen and oxygen atoms in total. The second-order valence-corrected chi connectivity index (χ2v) is 8.66. The first kappa shape index (κ1) is 23.0. The van der Waals surface area contributed by atoms with E-state index in [-0.39, 0.29) is 25.1 Å². The molecule has 0 bridgehead atoms. The van der Waals surface area contributed by atoms with E-state index >= 15 is 0 Å². The van der Waals surface area contributed by atoms with Crippen molar-refractivity contribution in [3.8, 4) is 11.3 Å². The maximum Gasteiger partial charge on any atom is 0.312 e. The Kier molecular flexibility index (Phi) is 6.49. The maximum absolute atomic E-state index is 10.3. The summed E-state index contributed by atoms with van der Waals surface area (Å²) in [5.74, 6) is 0. The summed E-state index contributed by atoms with van der Waals surface area (Å²) in [6.45, 7) is 0. The van der Waals surface area contributed by atoms with Crippen LogP contribution in [0.4, 0.5) is 0 Å². The third-order valence-electron chi connectivity index (χ3n) is 5.20. The van der Waals surface area contributed by atoms with Crippen molar-refractivity contribution < 1.29 is 33.1 Å². The van der Waals surface area contributed by atoms with E-state index in [4.69, 9.17) is 9.54 Å². The number of fused-ring (bicyclic) bond motifs is 1. The Morgan fingerprint density at radius 3 is 2.30 bits per heavy atom. The van der Waals surface area contributed by atoms with E-state index in [1.165, 1.54) is 45.6 Å². The first-order valence-electron chi connectivity index (χ1n) is 9.90. The topological polar surface area (TPSA) is 80.2 Å². The molecule has 7 heteroatoms. The molecule has 6 rings (SSSR count). The third-order valence-corrected chi connectivity index (χ3v) is 5.97. The third kappa shape index (κ3) is 4.77. The molecule has 2 aromatic heterocycles. The number of benzene rings is 3. The van der Waals surface area contributed by atoms with E-state index in [0.29, 0.717) is 0 Å². The van der Waals surface area contributed by atoms with Crippen molar-refractivity contribution in [1.29, 1.82) is 0 Å². The zero-order chi connectivity index (χ0) is 22.1. The van der Waals surface area contributed by atoms with Gasteiger partial charge in [-0.25, -0.2) is 4.98 Å². The van der Waals surface area contributed by atoms with Gasteiger partial charge in [-0.3, -0.25) is 9.54 Å². The zero-order valence-corrected chi connectivity index (χ0v) is 20.3. The van der Waals surface area contributed by atoms with Gasteiger partial charge in [0.15, 0.2) is 5.03 Å². The molecule has 2 heterocycles. The van der Waals surface area contributed by atoms with E-state index < -0.39 is 10.1 Å². The van der Waals surface area contributed by atoms with Crippen molar-refractivity contribution in [2.45, 2.75) is 5.03 Å². The van der Waals surface area contributed by atoms with Gasteiger partial charge in [0.2, 0.25) is 0 Å². The molecule has 3 aromatic carbocycles. The predicted octanol–water partition coefficient (Wildman–Crippen LogP) is 5.66. The average Bonchev–Trinajstić information content (AvgIpc) is 3.24. The summed E-state index contributed by atoms with van der Waals surface area (Å²) in [6, 6.07) is 28.7. The number of aromatic nitrogens is 2. The van der Waals surface area contributed by atoms with Crippen LogP contribution >= 0.6 is 0 Å². The second kappa shape index (κ2) is 9.33. The van der Waals surface area contributed by atoms with Crippen molar-refractivity contribution in [1.82, 2.24) is 9.97 Å². The largest absolute Gasteiger partial charge is 0.312 e. The Morgan fingerprint density at radius 1 is 0.818 bits per heavy atom. The van der Waals surface area contributed by atoms with Gasteiger partial charge in [-0.15, -0.1) is 29.1 Å². The summed E-state index contributed by atoms with van der Waals surface area (Å²) in [5, 5.41) is 3.36. The van der Waals surface area contributed by atoms with Crippen LogP contribution in [0.2, 0.25) is 0 Å². The van der Waals surface area contributed by atoms with Gasteiger partial charge >= 0.3 is 10.1 Å². The molecule has 5 aromatic rings. The number of rotatable bonds is 2. The molecule has 33 heavy (non-hydrogen) atoms. The van der Waals surface area contributed by atoms with Crippen LogP contribution in [0.25, 0.3) is 45.1 Å². The van der Waals surface area contributed by atoms with Gasteiger partial charge in [-0.05, 0) is 35.0 Å². The minimum atomic E-state index is -4.11. The van der Waals surface area contributed by atoms with Gasteiger partial charge in [0.1, 0.15) is 0 Å². The van der Waals surface area contributed by atoms with Gasteiger partial charge in [0.25, 0.3) is 0 Å². The molecule has 165 valence electrons. The number of hydrogen-bond acceptors (Lipinski definition) is 4. The van der Waals surface area contributed by atoms with E-state index in [9.17, 15) is 8.42 Å². The van der Waals surface area contributed by atoms with E-state index in [1.54, 1.807) is 6.07 Å². The van der Waals surface area contributed by atoms with Crippen molar-refractivity contribution >= 4 is 43.9 Å².